The van der Waals surface area contributed by atoms with Gasteiger partial charge in [0.2, 0.25) is 59.1 Å². The van der Waals surface area contributed by atoms with Crippen molar-refractivity contribution in [3.63, 3.8) is 0 Å². The molecule has 1 unspecified atom stereocenters. The lowest BCUT2D eigenvalue weighted by Crippen LogP contribution is -2.64. The molecule has 87 heavy (non-hydrogen) atoms. The Bertz CT molecular complexity index is 2440. The van der Waals surface area contributed by atoms with Crippen LogP contribution in [-0.4, -0.2) is 220 Å². The van der Waals surface area contributed by atoms with E-state index in [0.717, 1.165) is 14.7 Å². The van der Waals surface area contributed by atoms with Crippen LogP contribution in [-0.2, 0) is 52.7 Å². The molecule has 1 fully saturated rings. The van der Waals surface area contributed by atoms with Gasteiger partial charge in [0.15, 0.2) is 0 Å². The van der Waals surface area contributed by atoms with Crippen LogP contribution in [0.4, 0.5) is 0 Å². The lowest BCUT2D eigenvalue weighted by atomic mass is 9.91. The van der Waals surface area contributed by atoms with Crippen molar-refractivity contribution in [3.05, 3.63) is 24.4 Å². The molecule has 11 amide bonds. The molecular weight excluding hydrogens is 1110 g/mol. The topological polar surface area (TPSA) is 279 Å². The van der Waals surface area contributed by atoms with Gasteiger partial charge >= 0.3 is 0 Å². The van der Waals surface area contributed by atoms with Crippen molar-refractivity contribution in [1.82, 2.24) is 55.6 Å². The van der Waals surface area contributed by atoms with Crippen LogP contribution in [0, 0.1) is 47.3 Å². The van der Waals surface area contributed by atoms with Crippen molar-refractivity contribution in [2.75, 3.05) is 49.3 Å². The maximum atomic E-state index is 15.2. The van der Waals surface area contributed by atoms with E-state index in [1.54, 1.807) is 67.5 Å². The van der Waals surface area contributed by atoms with Gasteiger partial charge in [-0.1, -0.05) is 123 Å². The molecule has 0 aliphatic carbocycles. The van der Waals surface area contributed by atoms with E-state index in [1.807, 2.05) is 55.4 Å². The average molecular weight is 1230 g/mol. The summed E-state index contributed by atoms with van der Waals surface area (Å²) in [5.41, 5.74) is -0.366. The summed E-state index contributed by atoms with van der Waals surface area (Å²) in [5, 5.41) is 23.2. The van der Waals surface area contributed by atoms with Crippen LogP contribution in [0.25, 0.3) is 0 Å². The maximum Gasteiger partial charge on any atom is 0.270 e. The minimum atomic E-state index is -1.65. The molecule has 12 atom stereocenters. The number of aliphatic hydroxyl groups excluding tert-OH is 1. The summed E-state index contributed by atoms with van der Waals surface area (Å²) in [6, 6.07) is -12.7. The summed E-state index contributed by atoms with van der Waals surface area (Å²) in [6.45, 7) is 35.4. The van der Waals surface area contributed by atoms with Crippen molar-refractivity contribution in [3.8, 4) is 0 Å². The first-order valence-electron chi connectivity index (χ1n) is 31.1. The molecule has 0 aromatic carbocycles. The average Bonchev–Trinajstić information content (AvgIpc) is 2.67. The molecule has 0 radical (unpaired) electrons. The van der Waals surface area contributed by atoms with Crippen molar-refractivity contribution in [1.29, 1.82) is 0 Å². The van der Waals surface area contributed by atoms with E-state index < -0.39 is 155 Å². The van der Waals surface area contributed by atoms with Crippen LogP contribution >= 0.6 is 0 Å². The molecule has 1 saturated heterocycles. The number of carbonyl (C=O) groups excluding carboxylic acids is 11. The molecule has 1 rings (SSSR count). The third kappa shape index (κ3) is 21.4. The zero-order valence-electron chi connectivity index (χ0n) is 57.4. The number of rotatable bonds is 15. The Labute approximate surface area is 520 Å². The highest BCUT2D eigenvalue weighted by Gasteiger charge is 2.46. The fourth-order valence-corrected chi connectivity index (χ4v) is 10.8. The first-order valence-corrected chi connectivity index (χ1v) is 31.1. The number of hydrogen-bond acceptors (Lipinski definition) is 12. The molecule has 5 N–H and O–H groups in total. The number of nitrogens with one attached hydrogen (secondary N) is 4. The molecule has 0 saturated carbocycles. The fourth-order valence-electron chi connectivity index (χ4n) is 10.8. The Morgan fingerprint density at radius 1 is 0.425 bits per heavy atom. The van der Waals surface area contributed by atoms with Gasteiger partial charge in [-0.2, -0.15) is 0 Å². The number of nitrogens with zero attached hydrogens (tertiary/aromatic N) is 7. The van der Waals surface area contributed by atoms with E-state index >= 15 is 14.4 Å². The number of aliphatic hydroxyl groups is 1. The van der Waals surface area contributed by atoms with Gasteiger partial charge in [-0.05, 0) is 100 Å². The summed E-state index contributed by atoms with van der Waals surface area (Å²) in [5.74, 6) is -11.0. The molecule has 0 bridgehead atoms. The van der Waals surface area contributed by atoms with Crippen LogP contribution in [0.2, 0.25) is 0 Å². The highest BCUT2D eigenvalue weighted by molar-refractivity contribution is 6.02. The molecule has 1 aliphatic heterocycles. The largest absolute Gasteiger partial charge is 0.390 e. The smallest absolute Gasteiger partial charge is 0.270 e. The predicted molar refractivity (Wildman–Crippen MR) is 337 cm³/mol. The van der Waals surface area contributed by atoms with Gasteiger partial charge in [-0.3, -0.25) is 52.7 Å². The first-order chi connectivity index (χ1) is 40.0. The standard InChI is InChI=1S/C64H113N11O12/c1-27-28-29-41(16)53(76)52-57(80)68-49(38(10)11)62(85)69(20)44(19)59(82)70(21)46(31-35(4)5)56(79)67-50(39(12)13)63(86)71(22)45(30-34(2)3)55(78)65-42(17)54(77)66-43(18)58(81)72(23)47(32-36(6)7)60(83)73(24)48(33-37(8)9)61(84)74(25)51(40(14)15)64(87)75(52)26/h27-28,34-43,45-53,76H,19,29-33H2,1-18,20-26H3,(H,65,78)(H,66,77)(H,67,79)(H,68,80)/t41-,42-,43+,45?,46+,47-,48-,49-,50-,51-,52-,53-/m1/s1. The number of amides is 11. The molecule has 23 nitrogen and oxygen atoms in total. The highest BCUT2D eigenvalue weighted by atomic mass is 16.3. The van der Waals surface area contributed by atoms with Crippen LogP contribution in [0.5, 0.6) is 0 Å². The Morgan fingerprint density at radius 2 is 0.793 bits per heavy atom. The van der Waals surface area contributed by atoms with E-state index in [9.17, 15) is 43.5 Å². The molecule has 1 heterocycles. The third-order valence-electron chi connectivity index (χ3n) is 16.4. The van der Waals surface area contributed by atoms with Crippen LogP contribution in [0.1, 0.15) is 157 Å². The lowest BCUT2D eigenvalue weighted by Gasteiger charge is -2.41. The number of likely N-dealkylation sites (N-methyl/N-ethyl adjacent to an activating group) is 7. The Balaban J connectivity index is 4.42. The van der Waals surface area contributed by atoms with Gasteiger partial charge in [0.25, 0.3) is 5.91 Å². The van der Waals surface area contributed by atoms with Gasteiger partial charge in [-0.15, -0.1) is 0 Å². The minimum absolute atomic E-state index is 0.105. The normalized spacial score (nSPS) is 26.7. The van der Waals surface area contributed by atoms with Crippen molar-refractivity contribution < 1.29 is 57.8 Å². The molecular formula is C64H113N11O12. The molecule has 23 heteroatoms. The van der Waals surface area contributed by atoms with Crippen LogP contribution in [0.15, 0.2) is 24.4 Å². The van der Waals surface area contributed by atoms with E-state index in [-0.39, 0.29) is 55.1 Å². The predicted octanol–water partition coefficient (Wildman–Crippen LogP) is 4.03. The monoisotopic (exact) mass is 1230 g/mol. The Hall–Kier alpha value is -6.39. The molecule has 0 aromatic heterocycles. The number of allylic oxidation sites excluding steroid dienone is 2. The van der Waals surface area contributed by atoms with E-state index in [1.165, 1.54) is 82.8 Å². The van der Waals surface area contributed by atoms with Crippen LogP contribution in [0.3, 0.4) is 0 Å². The summed E-state index contributed by atoms with van der Waals surface area (Å²) in [6.07, 6.45) is 2.88. The van der Waals surface area contributed by atoms with Crippen molar-refractivity contribution >= 4 is 65.0 Å². The quantitative estimate of drug-likeness (QED) is 0.115. The van der Waals surface area contributed by atoms with Crippen molar-refractivity contribution in [2.24, 2.45) is 47.3 Å². The van der Waals surface area contributed by atoms with E-state index in [0.29, 0.717) is 6.42 Å². The maximum absolute atomic E-state index is 15.2. The third-order valence-corrected chi connectivity index (χ3v) is 16.4. The summed E-state index contributed by atoms with van der Waals surface area (Å²) in [7, 11) is 9.76. The summed E-state index contributed by atoms with van der Waals surface area (Å²) < 4.78 is 0. The van der Waals surface area contributed by atoms with Gasteiger partial charge in [-0.25, -0.2) is 0 Å². The minimum Gasteiger partial charge on any atom is -0.390 e. The zero-order valence-corrected chi connectivity index (χ0v) is 57.4. The number of hydrogen-bond donors (Lipinski definition) is 5. The van der Waals surface area contributed by atoms with E-state index in [2.05, 4.69) is 27.8 Å². The molecule has 0 spiro atoms. The van der Waals surface area contributed by atoms with Gasteiger partial charge in [0.05, 0.1) is 6.10 Å². The second kappa shape index (κ2) is 35.0. The molecule has 0 aromatic rings. The summed E-state index contributed by atoms with van der Waals surface area (Å²) >= 11 is 0. The highest BCUT2D eigenvalue weighted by Crippen LogP contribution is 2.26. The fraction of sp³-hybridized carbons (Fsp3) is 0.766. The SMILES string of the molecule is C=C1C(=O)N(C)[C@@H](CC(C)C)C(=O)N[C@H](C(C)C)C(=O)N(C)C(CC(C)C)C(=O)N[C@H](C)C(=O)N[C@@H](C)C(=O)N(C)[C@H](CC(C)C)C(=O)N(C)[C@H](CC(C)C)C(=O)N(C)[C@H](C(C)C)C(=O)N(C)[C@H]([C@H](O)[C@H](C)CC=CC)C(=O)N[C@H](C(C)C)C(=O)N1C. The molecule has 496 valence electrons. The first kappa shape index (κ1) is 78.6. The van der Waals surface area contributed by atoms with Gasteiger partial charge in [0, 0.05) is 49.3 Å². The lowest BCUT2D eigenvalue weighted by molar-refractivity contribution is -0.157. The second-order valence-corrected chi connectivity index (χ2v) is 26.9. The zero-order chi connectivity index (χ0) is 67.7. The van der Waals surface area contributed by atoms with Crippen molar-refractivity contribution in [2.45, 2.75) is 223 Å². The van der Waals surface area contributed by atoms with Crippen LogP contribution < -0.4 is 21.3 Å². The van der Waals surface area contributed by atoms with Gasteiger partial charge < -0.3 is 60.7 Å². The second-order valence-electron chi connectivity index (χ2n) is 26.9. The van der Waals surface area contributed by atoms with Gasteiger partial charge in [0.1, 0.15) is 66.1 Å². The Morgan fingerprint density at radius 3 is 1.23 bits per heavy atom. The van der Waals surface area contributed by atoms with E-state index in [4.69, 9.17) is 0 Å². The number of carbonyl (C=O) groups is 11. The Kier molecular flexibility index (Phi) is 31.6. The molecule has 1 aliphatic rings. The summed E-state index contributed by atoms with van der Waals surface area (Å²) in [4.78, 5) is 170.